The van der Waals surface area contributed by atoms with Crippen molar-refractivity contribution in [3.8, 4) is 5.75 Å². The predicted octanol–water partition coefficient (Wildman–Crippen LogP) is 6.02. The van der Waals surface area contributed by atoms with Gasteiger partial charge in [0.2, 0.25) is 5.43 Å². The molecule has 1 aromatic heterocycles. The Morgan fingerprint density at radius 2 is 1.69 bits per heavy atom. The number of ether oxygens (including phenoxy) is 1. The molecule has 1 saturated carbocycles. The molecule has 8 heteroatoms. The number of aromatic nitrogens is 1. The number of pyridine rings is 1. The quantitative estimate of drug-likeness (QED) is 0.316. The molecule has 3 heterocycles. The third kappa shape index (κ3) is 3.88. The van der Waals surface area contributed by atoms with Crippen LogP contribution in [0.2, 0.25) is 0 Å². The van der Waals surface area contributed by atoms with Crippen LogP contribution in [0.15, 0.2) is 88.7 Å². The molecule has 0 unspecified atom stereocenters. The van der Waals surface area contributed by atoms with Gasteiger partial charge >= 0.3 is 0 Å². The molecule has 5 nitrogen and oxygen atoms in total. The summed E-state index contributed by atoms with van der Waals surface area (Å²) >= 11 is 1.47. The number of carbonyl (C=O) groups is 1. The number of rotatable bonds is 4. The van der Waals surface area contributed by atoms with Crippen LogP contribution in [-0.2, 0) is 12.4 Å². The third-order valence-electron chi connectivity index (χ3n) is 7.96. The van der Waals surface area contributed by atoms with E-state index in [1.165, 1.54) is 23.9 Å². The number of nitrogens with zero attached hydrogens (tertiary/aromatic N) is 2. The van der Waals surface area contributed by atoms with Crippen LogP contribution in [0.1, 0.15) is 51.6 Å². The SMILES string of the molecule is O=C1c2c(OCc3ccccc3)c(=O)ccn2N([C@@H]2c3ccccc3SCc3c2ccc(F)c3F)CC12CC2. The number of Topliss-reactive ketones (excluding diaryl/α,β-unsaturated/α-hetero) is 1. The summed E-state index contributed by atoms with van der Waals surface area (Å²) in [6.45, 7) is 0.533. The fraction of sp³-hybridized carbons (Fsp3) is 0.226. The van der Waals surface area contributed by atoms with Crippen molar-refractivity contribution in [1.82, 2.24) is 4.68 Å². The molecular formula is C31H24F2N2O3S. The first kappa shape index (κ1) is 24.2. The van der Waals surface area contributed by atoms with Gasteiger partial charge < -0.3 is 4.74 Å². The summed E-state index contributed by atoms with van der Waals surface area (Å²) in [7, 11) is 0. The molecular weight excluding hydrogens is 518 g/mol. The van der Waals surface area contributed by atoms with E-state index in [-0.39, 0.29) is 35.0 Å². The lowest BCUT2D eigenvalue weighted by Crippen LogP contribution is -2.52. The Morgan fingerprint density at radius 3 is 2.49 bits per heavy atom. The van der Waals surface area contributed by atoms with E-state index in [2.05, 4.69) is 0 Å². The number of thioether (sulfide) groups is 1. The van der Waals surface area contributed by atoms with Crippen molar-refractivity contribution >= 4 is 17.5 Å². The van der Waals surface area contributed by atoms with E-state index >= 15 is 4.39 Å². The first-order valence-corrected chi connectivity index (χ1v) is 13.9. The number of benzene rings is 3. The van der Waals surface area contributed by atoms with Gasteiger partial charge in [-0.1, -0.05) is 54.6 Å². The van der Waals surface area contributed by atoms with E-state index in [1.807, 2.05) is 59.6 Å². The molecule has 7 rings (SSSR count). The lowest BCUT2D eigenvalue weighted by molar-refractivity contribution is 0.0853. The van der Waals surface area contributed by atoms with Crippen LogP contribution in [0.3, 0.4) is 0 Å². The van der Waals surface area contributed by atoms with E-state index in [0.717, 1.165) is 16.0 Å². The first-order valence-electron chi connectivity index (χ1n) is 12.9. The monoisotopic (exact) mass is 542 g/mol. The van der Waals surface area contributed by atoms with Gasteiger partial charge in [-0.3, -0.25) is 19.3 Å². The molecule has 0 saturated heterocycles. The van der Waals surface area contributed by atoms with Crippen LogP contribution < -0.4 is 15.2 Å². The van der Waals surface area contributed by atoms with Crippen LogP contribution in [-0.4, -0.2) is 17.0 Å². The Labute approximate surface area is 228 Å². The maximum atomic E-state index is 15.2. The van der Waals surface area contributed by atoms with E-state index in [0.29, 0.717) is 30.5 Å². The molecule has 0 amide bonds. The predicted molar refractivity (Wildman–Crippen MR) is 145 cm³/mol. The van der Waals surface area contributed by atoms with Gasteiger partial charge in [0, 0.05) is 35.0 Å². The summed E-state index contributed by atoms with van der Waals surface area (Å²) in [6, 6.07) is 21.0. The lowest BCUT2D eigenvalue weighted by atomic mass is 9.89. The van der Waals surface area contributed by atoms with Crippen molar-refractivity contribution in [2.24, 2.45) is 5.41 Å². The fourth-order valence-electron chi connectivity index (χ4n) is 5.75. The minimum Gasteiger partial charge on any atom is -0.483 e. The smallest absolute Gasteiger partial charge is 0.224 e. The summed E-state index contributed by atoms with van der Waals surface area (Å²) in [5.74, 6) is -1.54. The maximum Gasteiger partial charge on any atom is 0.224 e. The molecule has 39 heavy (non-hydrogen) atoms. The Morgan fingerprint density at radius 1 is 0.923 bits per heavy atom. The molecule has 0 bridgehead atoms. The van der Waals surface area contributed by atoms with Gasteiger partial charge in [0.1, 0.15) is 6.61 Å². The molecule has 2 aliphatic heterocycles. The molecule has 1 aliphatic carbocycles. The van der Waals surface area contributed by atoms with Crippen molar-refractivity contribution in [3.05, 3.63) is 129 Å². The average Bonchev–Trinajstić information content (AvgIpc) is 3.75. The van der Waals surface area contributed by atoms with Gasteiger partial charge in [-0.2, -0.15) is 0 Å². The van der Waals surface area contributed by atoms with Crippen molar-refractivity contribution in [2.45, 2.75) is 36.1 Å². The van der Waals surface area contributed by atoms with Crippen molar-refractivity contribution in [1.29, 1.82) is 0 Å². The number of hydrogen-bond acceptors (Lipinski definition) is 5. The van der Waals surface area contributed by atoms with Crippen molar-refractivity contribution in [2.75, 3.05) is 11.6 Å². The summed E-state index contributed by atoms with van der Waals surface area (Å²) in [6.07, 6.45) is 2.98. The highest BCUT2D eigenvalue weighted by Gasteiger charge is 2.57. The van der Waals surface area contributed by atoms with Gasteiger partial charge in [-0.25, -0.2) is 8.78 Å². The zero-order valence-corrected chi connectivity index (χ0v) is 21.7. The van der Waals surface area contributed by atoms with Crippen LogP contribution in [0.25, 0.3) is 0 Å². The molecule has 4 aromatic rings. The second-order valence-electron chi connectivity index (χ2n) is 10.3. The topological polar surface area (TPSA) is 51.5 Å². The molecule has 196 valence electrons. The average molecular weight is 543 g/mol. The van der Waals surface area contributed by atoms with Gasteiger partial charge in [-0.05, 0) is 41.7 Å². The van der Waals surface area contributed by atoms with Crippen molar-refractivity contribution in [3.63, 3.8) is 0 Å². The number of halogens is 2. The highest BCUT2D eigenvalue weighted by Crippen LogP contribution is 2.54. The summed E-state index contributed by atoms with van der Waals surface area (Å²) < 4.78 is 37.3. The molecule has 1 fully saturated rings. The Kier molecular flexibility index (Phi) is 5.63. The number of ketones is 1. The van der Waals surface area contributed by atoms with E-state index in [1.54, 1.807) is 16.9 Å². The van der Waals surface area contributed by atoms with Gasteiger partial charge in [0.05, 0.1) is 11.5 Å². The van der Waals surface area contributed by atoms with Crippen molar-refractivity contribution < 1.29 is 18.3 Å². The molecule has 0 N–H and O–H groups in total. The molecule has 1 atom stereocenters. The van der Waals surface area contributed by atoms with Crippen LogP contribution >= 0.6 is 11.8 Å². The second kappa shape index (κ2) is 9.09. The van der Waals surface area contributed by atoms with Crippen LogP contribution in [0.4, 0.5) is 8.78 Å². The minimum absolute atomic E-state index is 0.0177. The largest absolute Gasteiger partial charge is 0.483 e. The zero-order chi connectivity index (χ0) is 26.7. The van der Waals surface area contributed by atoms with Crippen LogP contribution in [0, 0.1) is 17.0 Å². The van der Waals surface area contributed by atoms with E-state index in [4.69, 9.17) is 4.74 Å². The summed E-state index contributed by atoms with van der Waals surface area (Å²) in [5.41, 5.74) is 1.97. The van der Waals surface area contributed by atoms with Crippen LogP contribution in [0.5, 0.6) is 5.75 Å². The highest BCUT2D eigenvalue weighted by molar-refractivity contribution is 7.98. The van der Waals surface area contributed by atoms with E-state index < -0.39 is 23.1 Å². The second-order valence-corrected chi connectivity index (χ2v) is 11.4. The number of hydrogen-bond donors (Lipinski definition) is 0. The lowest BCUT2D eigenvalue weighted by Gasteiger charge is -2.43. The highest BCUT2D eigenvalue weighted by atomic mass is 32.2. The Hall–Kier alpha value is -3.91. The minimum atomic E-state index is -0.882. The molecule has 0 radical (unpaired) electrons. The zero-order valence-electron chi connectivity index (χ0n) is 20.9. The Bertz CT molecular complexity index is 1680. The standard InChI is InChI=1S/C31H24F2N2O3S/c32-23-11-10-20-22(26(23)33)17-39-25-9-5-4-8-21(25)27(20)35-18-31(13-14-31)30(37)28-29(24(36)12-15-34(28)35)38-16-19-6-2-1-3-7-19/h1-12,15,27H,13-14,16-18H2/t27-/m0/s1. The summed E-state index contributed by atoms with van der Waals surface area (Å²) in [4.78, 5) is 28.0. The maximum absolute atomic E-state index is 15.2. The third-order valence-corrected chi connectivity index (χ3v) is 9.08. The molecule has 3 aromatic carbocycles. The normalized spacial score (nSPS) is 18.7. The Balaban J connectivity index is 1.42. The molecule has 3 aliphatic rings. The van der Waals surface area contributed by atoms with E-state index in [9.17, 15) is 14.0 Å². The number of fused-ring (bicyclic) bond motifs is 3. The summed E-state index contributed by atoms with van der Waals surface area (Å²) in [5, 5.41) is 2.03. The fourth-order valence-corrected chi connectivity index (χ4v) is 6.86. The first-order chi connectivity index (χ1) is 19.0. The van der Waals surface area contributed by atoms with Gasteiger partial charge in [-0.15, -0.1) is 11.8 Å². The molecule has 1 spiro atoms. The van der Waals surface area contributed by atoms with Gasteiger partial charge in [0.25, 0.3) is 0 Å². The van der Waals surface area contributed by atoms with Gasteiger partial charge in [0.15, 0.2) is 28.9 Å². The number of carbonyl (C=O) groups excluding carboxylic acids is 1.